The maximum atomic E-state index is 11.5. The molecule has 1 aromatic rings. The molecule has 3 heteroatoms. The van der Waals surface area contributed by atoms with E-state index >= 15 is 0 Å². The monoisotopic (exact) mass is 274 g/mol. The van der Waals surface area contributed by atoms with Crippen LogP contribution in [0.5, 0.6) is 0 Å². The first-order valence-corrected chi connectivity index (χ1v) is 7.45. The Morgan fingerprint density at radius 1 is 1.10 bits per heavy atom. The van der Waals surface area contributed by atoms with Gasteiger partial charge in [0.15, 0.2) is 0 Å². The summed E-state index contributed by atoms with van der Waals surface area (Å²) in [6.45, 7) is 1.93. The van der Waals surface area contributed by atoms with Crippen LogP contribution < -0.4 is 0 Å². The molecule has 0 amide bonds. The van der Waals surface area contributed by atoms with Gasteiger partial charge in [0.25, 0.3) is 0 Å². The van der Waals surface area contributed by atoms with Crippen LogP contribution in [0.25, 0.3) is 0 Å². The molecule has 20 heavy (non-hydrogen) atoms. The molecule has 1 fully saturated rings. The number of rotatable bonds is 5. The van der Waals surface area contributed by atoms with E-state index in [0.29, 0.717) is 29.6 Å². The Kier molecular flexibility index (Phi) is 4.94. The molecule has 0 aromatic heterocycles. The van der Waals surface area contributed by atoms with Gasteiger partial charge in [0, 0.05) is 12.8 Å². The second-order valence-corrected chi connectivity index (χ2v) is 5.74. The van der Waals surface area contributed by atoms with Gasteiger partial charge in [0.2, 0.25) is 0 Å². The zero-order chi connectivity index (χ0) is 14.5. The zero-order valence-corrected chi connectivity index (χ0v) is 12.0. The predicted octanol–water partition coefficient (Wildman–Crippen LogP) is 4.03. The van der Waals surface area contributed by atoms with Crippen LogP contribution in [0.15, 0.2) is 24.3 Å². The van der Waals surface area contributed by atoms with Crippen molar-refractivity contribution in [3.8, 4) is 0 Å². The van der Waals surface area contributed by atoms with Crippen molar-refractivity contribution in [2.45, 2.75) is 51.4 Å². The van der Waals surface area contributed by atoms with Gasteiger partial charge in [-0.1, -0.05) is 19.1 Å². The minimum Gasteiger partial charge on any atom is -0.478 e. The molecule has 0 heterocycles. The SMILES string of the molecule is CCC(=O)CC1CCC(c2ccc(C(=O)O)cc2)CC1. The lowest BCUT2D eigenvalue weighted by molar-refractivity contribution is -0.119. The van der Waals surface area contributed by atoms with Crippen LogP contribution in [0.4, 0.5) is 0 Å². The number of carbonyl (C=O) groups excluding carboxylic acids is 1. The first-order chi connectivity index (χ1) is 9.60. The second-order valence-electron chi connectivity index (χ2n) is 5.74. The van der Waals surface area contributed by atoms with E-state index in [9.17, 15) is 9.59 Å². The van der Waals surface area contributed by atoms with E-state index in [1.165, 1.54) is 5.56 Å². The first-order valence-electron chi connectivity index (χ1n) is 7.45. The molecule has 0 radical (unpaired) electrons. The molecule has 2 rings (SSSR count). The summed E-state index contributed by atoms with van der Waals surface area (Å²) in [6, 6.07) is 7.24. The highest BCUT2D eigenvalue weighted by atomic mass is 16.4. The molecule has 0 atom stereocenters. The van der Waals surface area contributed by atoms with Crippen LogP contribution in [0.1, 0.15) is 67.3 Å². The Labute approximate surface area is 120 Å². The van der Waals surface area contributed by atoms with Gasteiger partial charge < -0.3 is 5.11 Å². The third-order valence-corrected chi connectivity index (χ3v) is 4.39. The molecule has 1 aromatic carbocycles. The molecule has 0 spiro atoms. The number of benzene rings is 1. The zero-order valence-electron chi connectivity index (χ0n) is 12.0. The highest BCUT2D eigenvalue weighted by Gasteiger charge is 2.23. The van der Waals surface area contributed by atoms with E-state index in [-0.39, 0.29) is 0 Å². The lowest BCUT2D eigenvalue weighted by atomic mass is 9.77. The topological polar surface area (TPSA) is 54.4 Å². The van der Waals surface area contributed by atoms with Crippen LogP contribution in [0.3, 0.4) is 0 Å². The van der Waals surface area contributed by atoms with Crippen LogP contribution in [0, 0.1) is 5.92 Å². The summed E-state index contributed by atoms with van der Waals surface area (Å²) in [5.41, 5.74) is 1.58. The quantitative estimate of drug-likeness (QED) is 0.882. The Morgan fingerprint density at radius 2 is 1.70 bits per heavy atom. The Hall–Kier alpha value is -1.64. The maximum absolute atomic E-state index is 11.5. The fourth-order valence-corrected chi connectivity index (χ4v) is 3.06. The molecule has 1 aliphatic rings. The number of hydrogen-bond acceptors (Lipinski definition) is 2. The molecule has 1 N–H and O–H groups in total. The Morgan fingerprint density at radius 3 is 2.20 bits per heavy atom. The van der Waals surface area contributed by atoms with Crippen LogP contribution in [-0.4, -0.2) is 16.9 Å². The van der Waals surface area contributed by atoms with Gasteiger partial charge in [0.1, 0.15) is 5.78 Å². The van der Waals surface area contributed by atoms with Crippen molar-refractivity contribution in [2.75, 3.05) is 0 Å². The number of carboxylic acids is 1. The van der Waals surface area contributed by atoms with E-state index in [0.717, 1.165) is 32.1 Å². The lowest BCUT2D eigenvalue weighted by Crippen LogP contribution is -2.16. The number of carboxylic acid groups (broad SMARTS) is 1. The van der Waals surface area contributed by atoms with E-state index in [1.807, 2.05) is 19.1 Å². The van der Waals surface area contributed by atoms with Crippen molar-refractivity contribution >= 4 is 11.8 Å². The van der Waals surface area contributed by atoms with Gasteiger partial charge in [-0.25, -0.2) is 4.79 Å². The van der Waals surface area contributed by atoms with Crippen LogP contribution >= 0.6 is 0 Å². The van der Waals surface area contributed by atoms with Crippen LogP contribution in [0.2, 0.25) is 0 Å². The van der Waals surface area contributed by atoms with Crippen molar-refractivity contribution in [3.63, 3.8) is 0 Å². The fraction of sp³-hybridized carbons (Fsp3) is 0.529. The first kappa shape index (κ1) is 14.8. The highest BCUT2D eigenvalue weighted by Crippen LogP contribution is 2.37. The van der Waals surface area contributed by atoms with Gasteiger partial charge in [0.05, 0.1) is 5.56 Å². The highest BCUT2D eigenvalue weighted by molar-refractivity contribution is 5.87. The van der Waals surface area contributed by atoms with Crippen molar-refractivity contribution in [1.82, 2.24) is 0 Å². The maximum Gasteiger partial charge on any atom is 0.335 e. The van der Waals surface area contributed by atoms with E-state index in [1.54, 1.807) is 12.1 Å². The van der Waals surface area contributed by atoms with E-state index < -0.39 is 5.97 Å². The molecule has 1 saturated carbocycles. The molecule has 0 bridgehead atoms. The normalized spacial score (nSPS) is 22.4. The molecular formula is C17H22O3. The summed E-state index contributed by atoms with van der Waals surface area (Å²) in [6.07, 6.45) is 5.81. The third-order valence-electron chi connectivity index (χ3n) is 4.39. The minimum absolute atomic E-state index is 0.343. The fourth-order valence-electron chi connectivity index (χ4n) is 3.06. The largest absolute Gasteiger partial charge is 0.478 e. The summed E-state index contributed by atoms with van der Waals surface area (Å²) in [4.78, 5) is 22.3. The minimum atomic E-state index is -0.877. The number of aromatic carboxylic acids is 1. The van der Waals surface area contributed by atoms with Crippen molar-refractivity contribution < 1.29 is 14.7 Å². The number of Topliss-reactive ketones (excluding diaryl/α,β-unsaturated/α-hetero) is 1. The van der Waals surface area contributed by atoms with Gasteiger partial charge in [-0.15, -0.1) is 0 Å². The Balaban J connectivity index is 1.90. The molecule has 0 unspecified atom stereocenters. The summed E-state index contributed by atoms with van der Waals surface area (Å²) in [5.74, 6) is 0.570. The molecular weight excluding hydrogens is 252 g/mol. The van der Waals surface area contributed by atoms with Crippen molar-refractivity contribution in [2.24, 2.45) is 5.92 Å². The summed E-state index contributed by atoms with van der Waals surface area (Å²) >= 11 is 0. The lowest BCUT2D eigenvalue weighted by Gasteiger charge is -2.28. The van der Waals surface area contributed by atoms with E-state index in [4.69, 9.17) is 5.11 Å². The molecule has 108 valence electrons. The predicted molar refractivity (Wildman–Crippen MR) is 78.0 cm³/mol. The van der Waals surface area contributed by atoms with Gasteiger partial charge in [-0.3, -0.25) is 4.79 Å². The average molecular weight is 274 g/mol. The molecule has 1 aliphatic carbocycles. The van der Waals surface area contributed by atoms with Crippen molar-refractivity contribution in [1.29, 1.82) is 0 Å². The van der Waals surface area contributed by atoms with Gasteiger partial charge >= 0.3 is 5.97 Å². The molecule has 0 aliphatic heterocycles. The van der Waals surface area contributed by atoms with Crippen molar-refractivity contribution in [3.05, 3.63) is 35.4 Å². The van der Waals surface area contributed by atoms with E-state index in [2.05, 4.69) is 0 Å². The van der Waals surface area contributed by atoms with Gasteiger partial charge in [-0.05, 0) is 55.2 Å². The molecule has 0 saturated heterocycles. The third kappa shape index (κ3) is 3.69. The second kappa shape index (κ2) is 6.69. The summed E-state index contributed by atoms with van der Waals surface area (Å²) < 4.78 is 0. The standard InChI is InChI=1S/C17H22O3/c1-2-16(18)11-12-3-5-13(6-4-12)14-7-9-15(10-8-14)17(19)20/h7-10,12-13H,2-6,11H2,1H3,(H,19,20). The summed E-state index contributed by atoms with van der Waals surface area (Å²) in [7, 11) is 0. The average Bonchev–Trinajstić information content (AvgIpc) is 2.48. The summed E-state index contributed by atoms with van der Waals surface area (Å²) in [5, 5.41) is 8.90. The number of ketones is 1. The number of hydrogen-bond donors (Lipinski definition) is 1. The number of carbonyl (C=O) groups is 2. The van der Waals surface area contributed by atoms with Crippen LogP contribution in [-0.2, 0) is 4.79 Å². The molecule has 3 nitrogen and oxygen atoms in total. The Bertz CT molecular complexity index is 468. The smallest absolute Gasteiger partial charge is 0.335 e. The van der Waals surface area contributed by atoms with Gasteiger partial charge in [-0.2, -0.15) is 0 Å².